The minimum absolute atomic E-state index is 0.0334. The van der Waals surface area contributed by atoms with E-state index in [-0.39, 0.29) is 19.3 Å². The van der Waals surface area contributed by atoms with Crippen LogP contribution in [-0.4, -0.2) is 80.6 Å². The third kappa shape index (κ3) is 8.79. The molecule has 0 aromatic carbocycles. The van der Waals surface area contributed by atoms with Crippen LogP contribution in [0.1, 0.15) is 25.5 Å². The summed E-state index contributed by atoms with van der Waals surface area (Å²) >= 11 is 0. The first-order valence-electron chi connectivity index (χ1n) is 9.31. The maximum atomic E-state index is 12.7. The van der Waals surface area contributed by atoms with Gasteiger partial charge in [0.25, 0.3) is 0 Å². The third-order valence-corrected chi connectivity index (χ3v) is 4.20. The number of aromatic nitrogens is 2. The fourth-order valence-corrected chi connectivity index (χ4v) is 2.38. The predicted octanol–water partition coefficient (Wildman–Crippen LogP) is -3.90. The number of nitrogens with zero attached hydrogens (tertiary/aromatic N) is 1. The van der Waals surface area contributed by atoms with Gasteiger partial charge in [-0.1, -0.05) is 0 Å². The summed E-state index contributed by atoms with van der Waals surface area (Å²) in [5.41, 5.74) is 11.2. The number of aliphatic hydroxyl groups is 1. The highest BCUT2D eigenvalue weighted by Crippen LogP contribution is 2.02. The number of nitrogens with two attached hydrogens (primary N) is 2. The topological polar surface area (TPSA) is 243 Å². The zero-order chi connectivity index (χ0) is 23.6. The van der Waals surface area contributed by atoms with Gasteiger partial charge in [0, 0.05) is 24.7 Å². The summed E-state index contributed by atoms with van der Waals surface area (Å²) in [5.74, 6) is -4.42. The number of aromatic amines is 1. The average molecular weight is 441 g/mol. The Morgan fingerprint density at radius 2 is 1.71 bits per heavy atom. The maximum absolute atomic E-state index is 12.7. The number of nitrogens with one attached hydrogen (secondary N) is 4. The summed E-state index contributed by atoms with van der Waals surface area (Å²) < 4.78 is 0. The van der Waals surface area contributed by atoms with Gasteiger partial charge in [-0.15, -0.1) is 0 Å². The Morgan fingerprint density at radius 1 is 1.10 bits per heavy atom. The molecule has 4 unspecified atom stereocenters. The number of amides is 4. The number of hydrogen-bond donors (Lipinski definition) is 8. The third-order valence-electron chi connectivity index (χ3n) is 4.20. The zero-order valence-electron chi connectivity index (χ0n) is 16.8. The fraction of sp³-hybridized carbons (Fsp3) is 0.529. The molecule has 0 fully saturated rings. The Bertz CT molecular complexity index is 784. The lowest BCUT2D eigenvalue weighted by atomic mass is 10.1. The molecule has 0 radical (unpaired) electrons. The van der Waals surface area contributed by atoms with E-state index in [1.54, 1.807) is 0 Å². The number of H-pyrrole nitrogens is 1. The van der Waals surface area contributed by atoms with E-state index in [1.807, 2.05) is 0 Å². The van der Waals surface area contributed by atoms with E-state index < -0.39 is 60.4 Å². The van der Waals surface area contributed by atoms with Gasteiger partial charge in [-0.3, -0.25) is 24.0 Å². The van der Waals surface area contributed by atoms with Gasteiger partial charge < -0.3 is 42.6 Å². The second-order valence-electron chi connectivity index (χ2n) is 6.77. The lowest BCUT2D eigenvalue weighted by Crippen LogP contribution is -2.58. The minimum Gasteiger partial charge on any atom is -0.480 e. The predicted molar refractivity (Wildman–Crippen MR) is 105 cm³/mol. The van der Waals surface area contributed by atoms with Crippen LogP contribution in [0, 0.1) is 0 Å². The number of rotatable bonds is 13. The van der Waals surface area contributed by atoms with Crippen molar-refractivity contribution in [2.45, 2.75) is 50.4 Å². The van der Waals surface area contributed by atoms with Gasteiger partial charge in [0.15, 0.2) is 0 Å². The first-order chi connectivity index (χ1) is 14.5. The lowest BCUT2D eigenvalue weighted by Gasteiger charge is -2.23. The van der Waals surface area contributed by atoms with Crippen molar-refractivity contribution in [1.29, 1.82) is 0 Å². The van der Waals surface area contributed by atoms with Crippen molar-refractivity contribution in [1.82, 2.24) is 25.9 Å². The van der Waals surface area contributed by atoms with Gasteiger partial charge >= 0.3 is 5.97 Å². The van der Waals surface area contributed by atoms with E-state index in [1.165, 1.54) is 19.4 Å². The van der Waals surface area contributed by atoms with Gasteiger partial charge in [0.2, 0.25) is 23.6 Å². The first-order valence-corrected chi connectivity index (χ1v) is 9.31. The van der Waals surface area contributed by atoms with Crippen LogP contribution >= 0.6 is 0 Å². The van der Waals surface area contributed by atoms with Gasteiger partial charge in [-0.2, -0.15) is 0 Å². The molecule has 0 bridgehead atoms. The Hall–Kier alpha value is -3.52. The van der Waals surface area contributed by atoms with Crippen molar-refractivity contribution in [3.63, 3.8) is 0 Å². The molecule has 1 heterocycles. The largest absolute Gasteiger partial charge is 0.480 e. The molecule has 0 aliphatic heterocycles. The van der Waals surface area contributed by atoms with Crippen molar-refractivity contribution < 1.29 is 34.2 Å². The van der Waals surface area contributed by atoms with E-state index in [4.69, 9.17) is 16.6 Å². The van der Waals surface area contributed by atoms with Crippen molar-refractivity contribution in [3.8, 4) is 0 Å². The van der Waals surface area contributed by atoms with E-state index in [0.717, 1.165) is 0 Å². The number of carboxylic acids is 1. The van der Waals surface area contributed by atoms with Crippen LogP contribution in [0.25, 0.3) is 0 Å². The molecule has 172 valence electrons. The van der Waals surface area contributed by atoms with E-state index in [0.29, 0.717) is 5.69 Å². The molecule has 0 saturated carbocycles. The molecule has 4 amide bonds. The van der Waals surface area contributed by atoms with Gasteiger partial charge in [0.05, 0.1) is 19.0 Å². The summed E-state index contributed by atoms with van der Waals surface area (Å²) in [6, 6.07) is -5.04. The molecule has 1 aromatic rings. The highest BCUT2D eigenvalue weighted by atomic mass is 16.4. The van der Waals surface area contributed by atoms with Crippen LogP contribution in [0.5, 0.6) is 0 Å². The molecule has 1 aromatic heterocycles. The molecule has 31 heavy (non-hydrogen) atoms. The summed E-state index contributed by atoms with van der Waals surface area (Å²) in [4.78, 5) is 65.5. The molecule has 0 spiro atoms. The number of aliphatic carboxylic acids is 1. The highest BCUT2D eigenvalue weighted by Gasteiger charge is 2.29. The normalized spacial score (nSPS) is 14.5. The quantitative estimate of drug-likeness (QED) is 0.149. The van der Waals surface area contributed by atoms with Gasteiger partial charge in [0.1, 0.15) is 18.1 Å². The van der Waals surface area contributed by atoms with Crippen molar-refractivity contribution in [2.24, 2.45) is 11.5 Å². The van der Waals surface area contributed by atoms with E-state index in [2.05, 4.69) is 25.9 Å². The molecule has 14 nitrogen and oxygen atoms in total. The van der Waals surface area contributed by atoms with Crippen molar-refractivity contribution in [3.05, 3.63) is 18.2 Å². The van der Waals surface area contributed by atoms with Gasteiger partial charge in [-0.05, 0) is 13.3 Å². The molecular weight excluding hydrogens is 414 g/mol. The van der Waals surface area contributed by atoms with Gasteiger partial charge in [-0.25, -0.2) is 4.98 Å². The first kappa shape index (κ1) is 25.5. The summed E-state index contributed by atoms with van der Waals surface area (Å²) in [6.45, 7) is 0.401. The SMILES string of the molecule is CC(NC(=O)C(CO)NC(=O)C(Cc1cnc[nH]1)NC(=O)C(N)CCC(N)=O)C(=O)O. The van der Waals surface area contributed by atoms with Crippen molar-refractivity contribution >= 4 is 29.6 Å². The fourth-order valence-electron chi connectivity index (χ4n) is 2.38. The van der Waals surface area contributed by atoms with Crippen LogP contribution < -0.4 is 27.4 Å². The van der Waals surface area contributed by atoms with Crippen LogP contribution in [0.15, 0.2) is 12.5 Å². The monoisotopic (exact) mass is 441 g/mol. The minimum atomic E-state index is -1.46. The summed E-state index contributed by atoms with van der Waals surface area (Å²) in [6.07, 6.45) is 2.58. The molecule has 14 heteroatoms. The maximum Gasteiger partial charge on any atom is 0.325 e. The summed E-state index contributed by atoms with van der Waals surface area (Å²) in [7, 11) is 0. The highest BCUT2D eigenvalue weighted by molar-refractivity contribution is 5.94. The Balaban J connectivity index is 2.87. The lowest BCUT2D eigenvalue weighted by molar-refractivity contribution is -0.142. The van der Waals surface area contributed by atoms with Crippen molar-refractivity contribution in [2.75, 3.05) is 6.61 Å². The molecular formula is C17H27N7O7. The molecule has 10 N–H and O–H groups in total. The molecule has 4 atom stereocenters. The molecule has 0 aliphatic rings. The Morgan fingerprint density at radius 3 is 2.23 bits per heavy atom. The number of aliphatic hydroxyl groups excluding tert-OH is 1. The number of imidazole rings is 1. The number of carbonyl (C=O) groups excluding carboxylic acids is 4. The number of carbonyl (C=O) groups is 5. The molecule has 0 saturated heterocycles. The van der Waals surface area contributed by atoms with Crippen LogP contribution in [0.4, 0.5) is 0 Å². The zero-order valence-corrected chi connectivity index (χ0v) is 16.8. The average Bonchev–Trinajstić information content (AvgIpc) is 3.22. The Kier molecular flexibility index (Phi) is 10.1. The number of carboxylic acid groups (broad SMARTS) is 1. The molecule has 0 aliphatic carbocycles. The number of primary amides is 1. The second-order valence-corrected chi connectivity index (χ2v) is 6.77. The summed E-state index contributed by atoms with van der Waals surface area (Å²) in [5, 5.41) is 25.1. The van der Waals surface area contributed by atoms with Crippen LogP contribution in [0.2, 0.25) is 0 Å². The Labute approximate surface area is 177 Å². The second kappa shape index (κ2) is 12.2. The smallest absolute Gasteiger partial charge is 0.325 e. The van der Waals surface area contributed by atoms with Crippen LogP contribution in [0.3, 0.4) is 0 Å². The number of hydrogen-bond acceptors (Lipinski definition) is 8. The standard InChI is InChI=1S/C17H27N7O7/c1-8(17(30)31)22-16(29)12(6-25)24-15(28)11(4-9-5-20-7-21-9)23-14(27)10(18)2-3-13(19)26/h5,7-8,10-12,25H,2-4,6,18H2,1H3,(H2,19,26)(H,20,21)(H,22,29)(H,23,27)(H,24,28)(H,30,31). The van der Waals surface area contributed by atoms with E-state index >= 15 is 0 Å². The molecule has 1 rings (SSSR count). The van der Waals surface area contributed by atoms with Crippen LogP contribution in [-0.2, 0) is 30.4 Å². The van der Waals surface area contributed by atoms with E-state index in [9.17, 15) is 29.1 Å².